The topological polar surface area (TPSA) is 26.3 Å². The minimum atomic E-state index is -0.0979. The second-order valence-corrected chi connectivity index (χ2v) is 4.96. The molecule has 2 nitrogen and oxygen atoms in total. The average Bonchev–Trinajstić information content (AvgIpc) is 2.12. The fraction of sp³-hybridized carbons (Fsp3) is 0.909. The van der Waals surface area contributed by atoms with Crippen LogP contribution in [0.2, 0.25) is 0 Å². The van der Waals surface area contributed by atoms with E-state index >= 15 is 0 Å². The summed E-state index contributed by atoms with van der Waals surface area (Å²) in [5.74, 6) is 1.12. The van der Waals surface area contributed by atoms with Gasteiger partial charge in [-0.2, -0.15) is 11.8 Å². The van der Waals surface area contributed by atoms with E-state index in [1.165, 1.54) is 6.42 Å². The van der Waals surface area contributed by atoms with Crippen molar-refractivity contribution >= 4 is 17.7 Å². The first kappa shape index (κ1) is 11.9. The Morgan fingerprint density at radius 3 is 2.64 bits per heavy atom. The maximum absolute atomic E-state index is 11.7. The molecule has 0 unspecified atom stereocenters. The molecule has 0 saturated heterocycles. The van der Waals surface area contributed by atoms with Gasteiger partial charge in [-0.05, 0) is 37.7 Å². The Balaban J connectivity index is 2.20. The maximum Gasteiger partial charge on any atom is 0.312 e. The fourth-order valence-electron chi connectivity index (χ4n) is 1.83. The third-order valence-corrected chi connectivity index (χ3v) is 3.84. The minimum Gasteiger partial charge on any atom is -0.465 e. The van der Waals surface area contributed by atoms with Crippen molar-refractivity contribution in [2.24, 2.45) is 5.41 Å². The molecule has 14 heavy (non-hydrogen) atoms. The summed E-state index contributed by atoms with van der Waals surface area (Å²) in [4.78, 5) is 11.7. The van der Waals surface area contributed by atoms with Gasteiger partial charge in [0.25, 0.3) is 0 Å². The van der Waals surface area contributed by atoms with E-state index in [-0.39, 0.29) is 11.4 Å². The summed E-state index contributed by atoms with van der Waals surface area (Å²) in [5, 5.41) is 0. The molecule has 0 radical (unpaired) electrons. The minimum absolute atomic E-state index is 0.0485. The summed E-state index contributed by atoms with van der Waals surface area (Å²) in [7, 11) is 0. The van der Waals surface area contributed by atoms with Crippen molar-refractivity contribution in [1.29, 1.82) is 0 Å². The third kappa shape index (κ3) is 2.66. The summed E-state index contributed by atoms with van der Waals surface area (Å²) in [6.07, 6.45) is 7.24. The molecule has 1 aliphatic carbocycles. The average molecular weight is 216 g/mol. The third-order valence-electron chi connectivity index (χ3n) is 3.15. The molecule has 0 aromatic carbocycles. The van der Waals surface area contributed by atoms with Gasteiger partial charge in [0.05, 0.1) is 12.0 Å². The predicted molar refractivity (Wildman–Crippen MR) is 60.5 cm³/mol. The van der Waals surface area contributed by atoms with E-state index in [2.05, 4.69) is 13.2 Å². The highest BCUT2D eigenvalue weighted by Gasteiger charge is 2.43. The molecular formula is C11H20O2S. The molecule has 0 heterocycles. The van der Waals surface area contributed by atoms with Crippen LogP contribution in [0.25, 0.3) is 0 Å². The molecule has 3 heteroatoms. The molecule has 0 aromatic rings. The number of carbonyl (C=O) groups is 1. The van der Waals surface area contributed by atoms with Gasteiger partial charge in [-0.3, -0.25) is 4.79 Å². The van der Waals surface area contributed by atoms with Crippen LogP contribution in [0, 0.1) is 5.41 Å². The zero-order chi connectivity index (χ0) is 10.4. The summed E-state index contributed by atoms with van der Waals surface area (Å²) >= 11 is 1.79. The van der Waals surface area contributed by atoms with E-state index in [0.29, 0.717) is 6.61 Å². The largest absolute Gasteiger partial charge is 0.465 e. The summed E-state index contributed by atoms with van der Waals surface area (Å²) in [6, 6.07) is 0. The molecule has 0 amide bonds. The molecule has 1 fully saturated rings. The number of rotatable bonds is 6. The molecule has 1 aliphatic rings. The molecule has 1 saturated carbocycles. The second kappa shape index (κ2) is 5.64. The zero-order valence-electron chi connectivity index (χ0n) is 9.17. The first-order valence-corrected chi connectivity index (χ1v) is 6.81. The van der Waals surface area contributed by atoms with Crippen LogP contribution in [0.15, 0.2) is 0 Å². The van der Waals surface area contributed by atoms with Crippen LogP contribution in [0.4, 0.5) is 0 Å². The fourth-order valence-corrected chi connectivity index (χ4v) is 2.23. The molecule has 1 rings (SSSR count). The molecule has 0 aliphatic heterocycles. The van der Waals surface area contributed by atoms with Gasteiger partial charge in [0.2, 0.25) is 0 Å². The Hall–Kier alpha value is -0.180. The number of esters is 1. The highest BCUT2D eigenvalue weighted by atomic mass is 32.2. The van der Waals surface area contributed by atoms with Crippen LogP contribution < -0.4 is 0 Å². The SMILES string of the molecule is CCC1(C(=O)OCCCSC)CCC1. The Morgan fingerprint density at radius 1 is 1.50 bits per heavy atom. The molecule has 0 atom stereocenters. The quantitative estimate of drug-likeness (QED) is 0.504. The maximum atomic E-state index is 11.7. The summed E-state index contributed by atoms with van der Waals surface area (Å²) < 4.78 is 5.29. The molecule has 0 aromatic heterocycles. The molecule has 0 N–H and O–H groups in total. The normalized spacial score (nSPS) is 18.7. The van der Waals surface area contributed by atoms with Crippen molar-refractivity contribution < 1.29 is 9.53 Å². The van der Waals surface area contributed by atoms with Crippen molar-refractivity contribution in [2.75, 3.05) is 18.6 Å². The van der Waals surface area contributed by atoms with E-state index in [9.17, 15) is 4.79 Å². The van der Waals surface area contributed by atoms with Crippen LogP contribution in [-0.4, -0.2) is 24.6 Å². The number of ether oxygens (including phenoxy) is 1. The van der Waals surface area contributed by atoms with Crippen LogP contribution in [0.5, 0.6) is 0 Å². The van der Waals surface area contributed by atoms with E-state index in [4.69, 9.17) is 4.74 Å². The number of hydrogen-bond donors (Lipinski definition) is 0. The number of hydrogen-bond acceptors (Lipinski definition) is 3. The van der Waals surface area contributed by atoms with Gasteiger partial charge in [-0.1, -0.05) is 13.3 Å². The van der Waals surface area contributed by atoms with Crippen LogP contribution in [-0.2, 0) is 9.53 Å². The lowest BCUT2D eigenvalue weighted by Gasteiger charge is -2.38. The van der Waals surface area contributed by atoms with Gasteiger partial charge in [0.1, 0.15) is 0 Å². The van der Waals surface area contributed by atoms with Crippen molar-refractivity contribution in [3.05, 3.63) is 0 Å². The lowest BCUT2D eigenvalue weighted by molar-refractivity contribution is -0.161. The van der Waals surface area contributed by atoms with Gasteiger partial charge in [-0.25, -0.2) is 0 Å². The van der Waals surface area contributed by atoms with E-state index in [1.807, 2.05) is 0 Å². The van der Waals surface area contributed by atoms with Crippen molar-refractivity contribution in [3.63, 3.8) is 0 Å². The lowest BCUT2D eigenvalue weighted by atomic mass is 9.67. The van der Waals surface area contributed by atoms with Crippen LogP contribution in [0.3, 0.4) is 0 Å². The Morgan fingerprint density at radius 2 is 2.21 bits per heavy atom. The Bertz CT molecular complexity index is 182. The smallest absolute Gasteiger partial charge is 0.312 e. The number of thioether (sulfide) groups is 1. The van der Waals surface area contributed by atoms with Crippen molar-refractivity contribution in [3.8, 4) is 0 Å². The highest BCUT2D eigenvalue weighted by Crippen LogP contribution is 2.44. The number of carbonyl (C=O) groups excluding carboxylic acids is 1. The van der Waals surface area contributed by atoms with Gasteiger partial charge >= 0.3 is 5.97 Å². The molecule has 82 valence electrons. The van der Waals surface area contributed by atoms with E-state index in [1.54, 1.807) is 11.8 Å². The van der Waals surface area contributed by atoms with E-state index in [0.717, 1.165) is 31.4 Å². The van der Waals surface area contributed by atoms with Gasteiger partial charge in [-0.15, -0.1) is 0 Å². The Labute approximate surface area is 90.8 Å². The highest BCUT2D eigenvalue weighted by molar-refractivity contribution is 7.98. The molecule has 0 spiro atoms. The zero-order valence-corrected chi connectivity index (χ0v) is 9.99. The van der Waals surface area contributed by atoms with Crippen molar-refractivity contribution in [2.45, 2.75) is 39.0 Å². The van der Waals surface area contributed by atoms with Crippen molar-refractivity contribution in [1.82, 2.24) is 0 Å². The standard InChI is InChI=1S/C11H20O2S/c1-3-11(6-4-7-11)10(12)13-8-5-9-14-2/h3-9H2,1-2H3. The first-order valence-electron chi connectivity index (χ1n) is 5.41. The predicted octanol–water partition coefficient (Wildman–Crippen LogP) is 2.86. The Kier molecular flexibility index (Phi) is 4.79. The van der Waals surface area contributed by atoms with Crippen LogP contribution >= 0.6 is 11.8 Å². The summed E-state index contributed by atoms with van der Waals surface area (Å²) in [6.45, 7) is 2.68. The molecule has 0 bridgehead atoms. The lowest BCUT2D eigenvalue weighted by Crippen LogP contribution is -2.38. The van der Waals surface area contributed by atoms with Gasteiger partial charge in [0.15, 0.2) is 0 Å². The summed E-state index contributed by atoms with van der Waals surface area (Å²) in [5.41, 5.74) is -0.0979. The second-order valence-electron chi connectivity index (χ2n) is 3.97. The van der Waals surface area contributed by atoms with E-state index < -0.39 is 0 Å². The monoisotopic (exact) mass is 216 g/mol. The van der Waals surface area contributed by atoms with Gasteiger partial charge in [0, 0.05) is 0 Å². The van der Waals surface area contributed by atoms with Crippen LogP contribution in [0.1, 0.15) is 39.0 Å². The molecular weight excluding hydrogens is 196 g/mol. The van der Waals surface area contributed by atoms with Gasteiger partial charge < -0.3 is 4.74 Å². The first-order chi connectivity index (χ1) is 6.75.